The number of hydrogen-bond donors (Lipinski definition) is 0. The van der Waals surface area contributed by atoms with Crippen molar-refractivity contribution >= 4 is 17.3 Å². The zero-order valence-corrected chi connectivity index (χ0v) is 11.4. The Bertz CT molecular complexity index is 641. The van der Waals surface area contributed by atoms with E-state index in [1.807, 2.05) is 0 Å². The molecule has 1 aromatic heterocycles. The second-order valence-electron chi connectivity index (χ2n) is 3.73. The molecule has 1 heterocycles. The van der Waals surface area contributed by atoms with Gasteiger partial charge >= 0.3 is 5.69 Å². The van der Waals surface area contributed by atoms with Crippen molar-refractivity contribution < 1.29 is 14.4 Å². The molecule has 0 radical (unpaired) electrons. The van der Waals surface area contributed by atoms with Gasteiger partial charge in [0.2, 0.25) is 5.28 Å². The Kier molecular flexibility index (Phi) is 3.99. The highest BCUT2D eigenvalue weighted by Crippen LogP contribution is 2.33. The maximum Gasteiger partial charge on any atom is 0.313 e. The third kappa shape index (κ3) is 2.77. The van der Waals surface area contributed by atoms with E-state index in [1.165, 1.54) is 14.2 Å². The van der Waals surface area contributed by atoms with Gasteiger partial charge in [0.05, 0.1) is 19.1 Å². The number of nitro groups is 1. The molecule has 0 fully saturated rings. The number of aromatic nitrogens is 2. The number of methoxy groups -OCH3 is 2. The van der Waals surface area contributed by atoms with Crippen molar-refractivity contribution in [3.63, 3.8) is 0 Å². The third-order valence-electron chi connectivity index (χ3n) is 2.56. The highest BCUT2D eigenvalue weighted by atomic mass is 35.5. The molecule has 8 heteroatoms. The average Bonchev–Trinajstić information content (AvgIpc) is 2.46. The third-order valence-corrected chi connectivity index (χ3v) is 2.74. The van der Waals surface area contributed by atoms with Crippen LogP contribution in [0.3, 0.4) is 0 Å². The monoisotopic (exact) mass is 295 g/mol. The SMILES string of the molecule is COc1cc(OC)cc(-c2nc(Cl)ncc2[N+](=O)[O-])c1. The Balaban J connectivity index is 2.66. The lowest BCUT2D eigenvalue weighted by molar-refractivity contribution is -0.384. The quantitative estimate of drug-likeness (QED) is 0.489. The smallest absolute Gasteiger partial charge is 0.313 e. The first kappa shape index (κ1) is 14.0. The molecule has 0 aliphatic carbocycles. The van der Waals surface area contributed by atoms with Gasteiger partial charge < -0.3 is 9.47 Å². The first-order chi connectivity index (χ1) is 9.55. The van der Waals surface area contributed by atoms with Crippen LogP contribution in [0.15, 0.2) is 24.4 Å². The Morgan fingerprint density at radius 1 is 1.20 bits per heavy atom. The van der Waals surface area contributed by atoms with Crippen LogP contribution in [0.5, 0.6) is 11.5 Å². The van der Waals surface area contributed by atoms with Crippen LogP contribution in [0.2, 0.25) is 5.28 Å². The van der Waals surface area contributed by atoms with Crippen LogP contribution < -0.4 is 9.47 Å². The zero-order valence-electron chi connectivity index (χ0n) is 10.7. The van der Waals surface area contributed by atoms with Crippen molar-refractivity contribution in [3.05, 3.63) is 39.8 Å². The number of benzene rings is 1. The zero-order chi connectivity index (χ0) is 14.7. The minimum atomic E-state index is -0.572. The van der Waals surface area contributed by atoms with Gasteiger partial charge in [0.1, 0.15) is 17.7 Å². The molecule has 0 N–H and O–H groups in total. The van der Waals surface area contributed by atoms with E-state index in [1.54, 1.807) is 18.2 Å². The summed E-state index contributed by atoms with van der Waals surface area (Å²) in [6.07, 6.45) is 1.07. The van der Waals surface area contributed by atoms with Gasteiger partial charge in [0.25, 0.3) is 0 Å². The predicted molar refractivity (Wildman–Crippen MR) is 72.2 cm³/mol. The van der Waals surface area contributed by atoms with E-state index in [-0.39, 0.29) is 16.7 Å². The van der Waals surface area contributed by atoms with Gasteiger partial charge in [-0.1, -0.05) is 0 Å². The normalized spacial score (nSPS) is 10.2. The van der Waals surface area contributed by atoms with E-state index in [0.717, 1.165) is 6.20 Å². The van der Waals surface area contributed by atoms with Crippen molar-refractivity contribution in [1.29, 1.82) is 0 Å². The summed E-state index contributed by atoms with van der Waals surface area (Å²) in [5, 5.41) is 11.0. The van der Waals surface area contributed by atoms with E-state index in [2.05, 4.69) is 9.97 Å². The molecule has 7 nitrogen and oxygen atoms in total. The lowest BCUT2D eigenvalue weighted by Gasteiger charge is -2.08. The van der Waals surface area contributed by atoms with Gasteiger partial charge in [-0.3, -0.25) is 10.1 Å². The highest BCUT2D eigenvalue weighted by molar-refractivity contribution is 6.28. The first-order valence-corrected chi connectivity index (χ1v) is 5.83. The second kappa shape index (κ2) is 5.70. The molecular weight excluding hydrogens is 286 g/mol. The standard InChI is InChI=1S/C12H10ClN3O4/c1-19-8-3-7(4-9(5-8)20-2)11-10(16(17)18)6-14-12(13)15-11/h3-6H,1-2H3. The maximum atomic E-state index is 11.0. The van der Waals surface area contributed by atoms with Gasteiger partial charge in [-0.25, -0.2) is 9.97 Å². The molecule has 2 aromatic rings. The van der Waals surface area contributed by atoms with Crippen LogP contribution in [-0.2, 0) is 0 Å². The number of nitrogens with zero attached hydrogens (tertiary/aromatic N) is 3. The largest absolute Gasteiger partial charge is 0.497 e. The Labute approximate surface area is 119 Å². The van der Waals surface area contributed by atoms with Gasteiger partial charge in [-0.2, -0.15) is 0 Å². The van der Waals surface area contributed by atoms with E-state index in [0.29, 0.717) is 17.1 Å². The van der Waals surface area contributed by atoms with E-state index < -0.39 is 4.92 Å². The molecule has 0 unspecified atom stereocenters. The number of halogens is 1. The molecular formula is C12H10ClN3O4. The number of hydrogen-bond acceptors (Lipinski definition) is 6. The molecule has 0 aliphatic heterocycles. The Hall–Kier alpha value is -2.41. The minimum Gasteiger partial charge on any atom is -0.497 e. The molecule has 0 aliphatic rings. The van der Waals surface area contributed by atoms with Crippen LogP contribution in [0.4, 0.5) is 5.69 Å². The van der Waals surface area contributed by atoms with E-state index >= 15 is 0 Å². The van der Waals surface area contributed by atoms with E-state index in [4.69, 9.17) is 21.1 Å². The molecule has 0 amide bonds. The van der Waals surface area contributed by atoms with Crippen molar-refractivity contribution in [3.8, 4) is 22.8 Å². The summed E-state index contributed by atoms with van der Waals surface area (Å²) in [4.78, 5) is 18.0. The van der Waals surface area contributed by atoms with Crippen LogP contribution >= 0.6 is 11.6 Å². The fourth-order valence-electron chi connectivity index (χ4n) is 1.64. The van der Waals surface area contributed by atoms with Gasteiger partial charge in [0, 0.05) is 11.6 Å². The summed E-state index contributed by atoms with van der Waals surface area (Å²) < 4.78 is 10.2. The fraction of sp³-hybridized carbons (Fsp3) is 0.167. The summed E-state index contributed by atoms with van der Waals surface area (Å²) in [7, 11) is 2.97. The Morgan fingerprint density at radius 2 is 1.80 bits per heavy atom. The molecule has 0 saturated carbocycles. The van der Waals surface area contributed by atoms with Crippen molar-refractivity contribution in [2.24, 2.45) is 0 Å². The fourth-order valence-corrected chi connectivity index (χ4v) is 1.78. The van der Waals surface area contributed by atoms with Crippen LogP contribution in [0, 0.1) is 10.1 Å². The molecule has 104 valence electrons. The molecule has 0 bridgehead atoms. The topological polar surface area (TPSA) is 87.4 Å². The second-order valence-corrected chi connectivity index (χ2v) is 4.07. The molecule has 0 atom stereocenters. The molecule has 2 rings (SSSR count). The summed E-state index contributed by atoms with van der Waals surface area (Å²) in [5.74, 6) is 0.978. The molecule has 1 aromatic carbocycles. The maximum absolute atomic E-state index is 11.0. The number of rotatable bonds is 4. The van der Waals surface area contributed by atoms with Gasteiger partial charge in [-0.15, -0.1) is 0 Å². The highest BCUT2D eigenvalue weighted by Gasteiger charge is 2.19. The summed E-state index contributed by atoms with van der Waals surface area (Å²) in [5.41, 5.74) is 0.314. The summed E-state index contributed by atoms with van der Waals surface area (Å²) in [6.45, 7) is 0. The van der Waals surface area contributed by atoms with E-state index in [9.17, 15) is 10.1 Å². The van der Waals surface area contributed by atoms with Crippen LogP contribution in [-0.4, -0.2) is 29.1 Å². The molecule has 0 saturated heterocycles. The molecule has 0 spiro atoms. The predicted octanol–water partition coefficient (Wildman–Crippen LogP) is 2.72. The lowest BCUT2D eigenvalue weighted by atomic mass is 10.1. The average molecular weight is 296 g/mol. The number of ether oxygens (including phenoxy) is 2. The van der Waals surface area contributed by atoms with Crippen molar-refractivity contribution in [2.75, 3.05) is 14.2 Å². The van der Waals surface area contributed by atoms with Crippen LogP contribution in [0.1, 0.15) is 0 Å². The Morgan fingerprint density at radius 3 is 2.30 bits per heavy atom. The van der Waals surface area contributed by atoms with Crippen molar-refractivity contribution in [1.82, 2.24) is 9.97 Å². The van der Waals surface area contributed by atoms with Crippen molar-refractivity contribution in [2.45, 2.75) is 0 Å². The lowest BCUT2D eigenvalue weighted by Crippen LogP contribution is -1.98. The van der Waals surface area contributed by atoms with Crippen LogP contribution in [0.25, 0.3) is 11.3 Å². The summed E-state index contributed by atoms with van der Waals surface area (Å²) >= 11 is 5.71. The molecule has 20 heavy (non-hydrogen) atoms. The summed E-state index contributed by atoms with van der Waals surface area (Å²) in [6, 6.07) is 4.86. The minimum absolute atomic E-state index is 0.0765. The van der Waals surface area contributed by atoms with Gasteiger partial charge in [-0.05, 0) is 23.7 Å². The first-order valence-electron chi connectivity index (χ1n) is 5.45. The van der Waals surface area contributed by atoms with Gasteiger partial charge in [0.15, 0.2) is 5.69 Å².